The first-order valence-electron chi connectivity index (χ1n) is 6.31. The van der Waals surface area contributed by atoms with Crippen molar-refractivity contribution in [2.45, 2.75) is 0 Å². The van der Waals surface area contributed by atoms with Crippen LogP contribution >= 0.6 is 11.6 Å². The molecule has 0 aliphatic rings. The summed E-state index contributed by atoms with van der Waals surface area (Å²) in [5.74, 6) is 0.0753. The lowest BCUT2D eigenvalue weighted by Crippen LogP contribution is -2.19. The van der Waals surface area contributed by atoms with Crippen molar-refractivity contribution in [2.75, 3.05) is 30.9 Å². The molecular weight excluding hydrogens is 292 g/mol. The zero-order valence-electron chi connectivity index (χ0n) is 11.5. The van der Waals surface area contributed by atoms with E-state index in [1.54, 1.807) is 31.4 Å². The van der Waals surface area contributed by atoms with Gasteiger partial charge in [-0.25, -0.2) is 9.97 Å². The van der Waals surface area contributed by atoms with Crippen molar-refractivity contribution in [3.8, 4) is 0 Å². The van der Waals surface area contributed by atoms with Gasteiger partial charge in [0, 0.05) is 36.8 Å². The van der Waals surface area contributed by atoms with Gasteiger partial charge in [-0.15, -0.1) is 0 Å². The summed E-state index contributed by atoms with van der Waals surface area (Å²) in [5.41, 5.74) is 0.862. The predicted molar refractivity (Wildman–Crippen MR) is 81.8 cm³/mol. The number of halogens is 1. The molecule has 0 spiro atoms. The predicted octanol–water partition coefficient (Wildman–Crippen LogP) is 2.44. The van der Waals surface area contributed by atoms with E-state index in [1.165, 1.54) is 12.4 Å². The molecule has 1 heterocycles. The number of benzene rings is 1. The van der Waals surface area contributed by atoms with Crippen LogP contribution in [0.2, 0.25) is 5.02 Å². The number of carbonyl (C=O) groups excluding carboxylic acids is 1. The Hall–Kier alpha value is -2.18. The number of rotatable bonds is 6. The molecule has 0 fully saturated rings. The van der Waals surface area contributed by atoms with E-state index in [4.69, 9.17) is 16.3 Å². The Balaban J connectivity index is 2.09. The zero-order chi connectivity index (χ0) is 15.1. The van der Waals surface area contributed by atoms with Crippen LogP contribution in [0.5, 0.6) is 0 Å². The van der Waals surface area contributed by atoms with E-state index >= 15 is 0 Å². The molecule has 1 aromatic carbocycles. The minimum Gasteiger partial charge on any atom is -0.383 e. The van der Waals surface area contributed by atoms with Crippen LogP contribution < -0.4 is 10.6 Å². The molecule has 110 valence electrons. The maximum absolute atomic E-state index is 12.2. The fourth-order valence-electron chi connectivity index (χ4n) is 1.63. The summed E-state index contributed by atoms with van der Waals surface area (Å²) < 4.78 is 4.95. The van der Waals surface area contributed by atoms with Gasteiger partial charge in [0.05, 0.1) is 6.61 Å². The Morgan fingerprint density at radius 3 is 2.67 bits per heavy atom. The maximum atomic E-state index is 12.2. The smallest absolute Gasteiger partial charge is 0.278 e. The molecule has 6 nitrogen and oxygen atoms in total. The molecule has 21 heavy (non-hydrogen) atoms. The number of ether oxygens (including phenoxy) is 1. The topological polar surface area (TPSA) is 76.1 Å². The summed E-state index contributed by atoms with van der Waals surface area (Å²) in [6.45, 7) is 1.05. The lowest BCUT2D eigenvalue weighted by atomic mass is 10.3. The van der Waals surface area contributed by atoms with Gasteiger partial charge in [-0.1, -0.05) is 11.6 Å². The van der Waals surface area contributed by atoms with Crippen LogP contribution in [0.15, 0.2) is 36.7 Å². The van der Waals surface area contributed by atoms with Crippen molar-refractivity contribution >= 4 is 29.0 Å². The Labute approximate surface area is 127 Å². The van der Waals surface area contributed by atoms with Crippen LogP contribution in [0.25, 0.3) is 0 Å². The lowest BCUT2D eigenvalue weighted by molar-refractivity contribution is 0.102. The summed E-state index contributed by atoms with van der Waals surface area (Å²) in [6, 6.07) is 6.83. The molecule has 2 aromatic rings. The van der Waals surface area contributed by atoms with Gasteiger partial charge in [0.1, 0.15) is 0 Å². The van der Waals surface area contributed by atoms with Gasteiger partial charge in [-0.3, -0.25) is 4.79 Å². The van der Waals surface area contributed by atoms with Gasteiger partial charge in [0.2, 0.25) is 0 Å². The first-order chi connectivity index (χ1) is 10.2. The molecule has 0 unspecified atom stereocenters. The Morgan fingerprint density at radius 2 is 1.95 bits per heavy atom. The number of nitrogens with zero attached hydrogens (tertiary/aromatic N) is 2. The second-order valence-corrected chi connectivity index (χ2v) is 4.57. The van der Waals surface area contributed by atoms with Crippen molar-refractivity contribution in [3.05, 3.63) is 47.4 Å². The van der Waals surface area contributed by atoms with Crippen molar-refractivity contribution in [1.29, 1.82) is 0 Å². The third-order valence-electron chi connectivity index (χ3n) is 2.61. The highest BCUT2D eigenvalue weighted by molar-refractivity contribution is 6.30. The van der Waals surface area contributed by atoms with Crippen LogP contribution in [0.4, 0.5) is 11.5 Å². The number of nitrogens with one attached hydrogen (secondary N) is 2. The lowest BCUT2D eigenvalue weighted by Gasteiger charge is -2.10. The van der Waals surface area contributed by atoms with E-state index in [2.05, 4.69) is 20.6 Å². The summed E-state index contributed by atoms with van der Waals surface area (Å²) in [5, 5.41) is 6.36. The van der Waals surface area contributed by atoms with Crippen LogP contribution in [-0.4, -0.2) is 36.1 Å². The number of anilines is 2. The van der Waals surface area contributed by atoms with E-state index in [0.29, 0.717) is 29.7 Å². The molecule has 0 saturated carbocycles. The van der Waals surface area contributed by atoms with Crippen molar-refractivity contribution in [3.63, 3.8) is 0 Å². The highest BCUT2D eigenvalue weighted by Crippen LogP contribution is 2.15. The quantitative estimate of drug-likeness (QED) is 0.802. The van der Waals surface area contributed by atoms with Gasteiger partial charge in [0.15, 0.2) is 11.5 Å². The summed E-state index contributed by atoms with van der Waals surface area (Å²) >= 11 is 5.80. The molecule has 0 atom stereocenters. The normalized spacial score (nSPS) is 10.2. The van der Waals surface area contributed by atoms with Crippen LogP contribution in [0.1, 0.15) is 10.5 Å². The standard InChI is InChI=1S/C14H15ClN4O2/c1-21-9-8-18-13-12(16-6-7-17-13)14(20)19-11-4-2-10(15)3-5-11/h2-7H,8-9H2,1H3,(H,17,18)(H,19,20). The van der Waals surface area contributed by atoms with Crippen LogP contribution in [-0.2, 0) is 4.74 Å². The molecule has 7 heteroatoms. The van der Waals surface area contributed by atoms with Crippen LogP contribution in [0, 0.1) is 0 Å². The van der Waals surface area contributed by atoms with Crippen molar-refractivity contribution in [2.24, 2.45) is 0 Å². The monoisotopic (exact) mass is 306 g/mol. The number of hydrogen-bond acceptors (Lipinski definition) is 5. The molecular formula is C14H15ClN4O2. The fourth-order valence-corrected chi connectivity index (χ4v) is 1.75. The van der Waals surface area contributed by atoms with Crippen molar-refractivity contribution < 1.29 is 9.53 Å². The third kappa shape index (κ3) is 4.40. The molecule has 0 aliphatic heterocycles. The van der Waals surface area contributed by atoms with E-state index in [0.717, 1.165) is 0 Å². The SMILES string of the molecule is COCCNc1nccnc1C(=O)Nc1ccc(Cl)cc1. The molecule has 0 aliphatic carbocycles. The van der Waals surface area contributed by atoms with Gasteiger partial charge >= 0.3 is 0 Å². The first kappa shape index (κ1) is 15.2. The highest BCUT2D eigenvalue weighted by atomic mass is 35.5. The van der Waals surface area contributed by atoms with Gasteiger partial charge in [-0.05, 0) is 24.3 Å². The number of carbonyl (C=O) groups is 1. The molecule has 1 aromatic heterocycles. The number of aromatic nitrogens is 2. The minimum atomic E-state index is -0.342. The molecule has 1 amide bonds. The largest absolute Gasteiger partial charge is 0.383 e. The average molecular weight is 307 g/mol. The van der Waals surface area contributed by atoms with Gasteiger partial charge in [0.25, 0.3) is 5.91 Å². The number of hydrogen-bond donors (Lipinski definition) is 2. The van der Waals surface area contributed by atoms with Crippen LogP contribution in [0.3, 0.4) is 0 Å². The maximum Gasteiger partial charge on any atom is 0.278 e. The summed E-state index contributed by atoms with van der Waals surface area (Å²) in [4.78, 5) is 20.4. The summed E-state index contributed by atoms with van der Waals surface area (Å²) in [7, 11) is 1.60. The summed E-state index contributed by atoms with van der Waals surface area (Å²) in [6.07, 6.45) is 2.99. The third-order valence-corrected chi connectivity index (χ3v) is 2.87. The Bertz CT molecular complexity index is 604. The van der Waals surface area contributed by atoms with E-state index in [1.807, 2.05) is 0 Å². The second kappa shape index (κ2) is 7.56. The van der Waals surface area contributed by atoms with E-state index in [-0.39, 0.29) is 11.6 Å². The molecule has 2 N–H and O–H groups in total. The minimum absolute atomic E-state index is 0.226. The highest BCUT2D eigenvalue weighted by Gasteiger charge is 2.14. The van der Waals surface area contributed by atoms with Crippen molar-refractivity contribution in [1.82, 2.24) is 9.97 Å². The number of methoxy groups -OCH3 is 1. The molecule has 0 radical (unpaired) electrons. The molecule has 2 rings (SSSR count). The molecule has 0 bridgehead atoms. The fraction of sp³-hybridized carbons (Fsp3) is 0.214. The van der Waals surface area contributed by atoms with Gasteiger partial charge in [-0.2, -0.15) is 0 Å². The second-order valence-electron chi connectivity index (χ2n) is 4.13. The Morgan fingerprint density at radius 1 is 1.24 bits per heavy atom. The molecule has 0 saturated heterocycles. The van der Waals surface area contributed by atoms with E-state index < -0.39 is 0 Å². The average Bonchev–Trinajstić information content (AvgIpc) is 2.50. The van der Waals surface area contributed by atoms with Gasteiger partial charge < -0.3 is 15.4 Å². The first-order valence-corrected chi connectivity index (χ1v) is 6.69. The Kier molecular flexibility index (Phi) is 5.48. The zero-order valence-corrected chi connectivity index (χ0v) is 12.2. The van der Waals surface area contributed by atoms with E-state index in [9.17, 15) is 4.79 Å². The number of amides is 1.